The molecule has 3 heterocycles. The number of nitrogens with zero attached hydrogens (tertiary/aromatic N) is 6. The van der Waals surface area contributed by atoms with Gasteiger partial charge in [-0.25, -0.2) is 24.9 Å². The first-order valence-electron chi connectivity index (χ1n) is 18.6. The molecule has 0 unspecified atom stereocenters. The minimum Gasteiger partial charge on any atom is -0.455 e. The first-order chi connectivity index (χ1) is 28.2. The summed E-state index contributed by atoms with van der Waals surface area (Å²) in [6.45, 7) is 0. The molecule has 0 aliphatic heterocycles. The van der Waals surface area contributed by atoms with E-state index in [1.54, 1.807) is 0 Å². The summed E-state index contributed by atoms with van der Waals surface area (Å²) < 4.78 is 6.75. The summed E-state index contributed by atoms with van der Waals surface area (Å²) >= 11 is 0. The number of nitriles is 1. The van der Waals surface area contributed by atoms with E-state index in [0.717, 1.165) is 72.3 Å². The Kier molecular flexibility index (Phi) is 8.40. The van der Waals surface area contributed by atoms with Crippen molar-refractivity contribution in [2.24, 2.45) is 0 Å². The third kappa shape index (κ3) is 6.37. The van der Waals surface area contributed by atoms with Crippen LogP contribution in [0.15, 0.2) is 186 Å². The smallest absolute Gasteiger partial charge is 0.164 e. The quantitative estimate of drug-likeness (QED) is 0.161. The highest BCUT2D eigenvalue weighted by Gasteiger charge is 2.19. The van der Waals surface area contributed by atoms with Crippen molar-refractivity contribution >= 4 is 21.9 Å². The van der Waals surface area contributed by atoms with Crippen LogP contribution in [0.2, 0.25) is 0 Å². The van der Waals surface area contributed by atoms with E-state index >= 15 is 0 Å². The minimum absolute atomic E-state index is 0.556. The van der Waals surface area contributed by atoms with Gasteiger partial charge in [-0.3, -0.25) is 0 Å². The summed E-state index contributed by atoms with van der Waals surface area (Å²) in [5.41, 5.74) is 10.8. The summed E-state index contributed by atoms with van der Waals surface area (Å²) in [6.07, 6.45) is 0. The van der Waals surface area contributed by atoms with Gasteiger partial charge in [-0.05, 0) is 41.5 Å². The van der Waals surface area contributed by atoms with Crippen molar-refractivity contribution < 1.29 is 4.42 Å². The molecule has 10 aromatic rings. The van der Waals surface area contributed by atoms with Crippen LogP contribution in [0.4, 0.5) is 0 Å². The molecule has 0 aliphatic carbocycles. The average Bonchev–Trinajstić information content (AvgIpc) is 3.68. The van der Waals surface area contributed by atoms with Gasteiger partial charge in [-0.2, -0.15) is 5.26 Å². The molecule has 0 saturated heterocycles. The molecule has 7 heteroatoms. The highest BCUT2D eigenvalue weighted by Crippen LogP contribution is 2.39. The second kappa shape index (κ2) is 14.3. The van der Waals surface area contributed by atoms with E-state index in [0.29, 0.717) is 34.4 Å². The van der Waals surface area contributed by atoms with Gasteiger partial charge >= 0.3 is 0 Å². The van der Waals surface area contributed by atoms with Crippen LogP contribution in [-0.2, 0) is 0 Å². The Hall–Kier alpha value is -8.08. The van der Waals surface area contributed by atoms with Crippen molar-refractivity contribution in [1.29, 1.82) is 5.26 Å². The molecule has 0 radical (unpaired) electrons. The Bertz CT molecular complexity index is 3060. The fourth-order valence-corrected chi connectivity index (χ4v) is 7.18. The molecule has 0 fully saturated rings. The zero-order chi connectivity index (χ0) is 38.1. The first-order valence-corrected chi connectivity index (χ1v) is 18.6. The molecule has 0 N–H and O–H groups in total. The van der Waals surface area contributed by atoms with Crippen LogP contribution in [0, 0.1) is 11.3 Å². The normalized spacial score (nSPS) is 11.1. The second-order valence-corrected chi connectivity index (χ2v) is 13.6. The predicted octanol–water partition coefficient (Wildman–Crippen LogP) is 12.1. The summed E-state index contributed by atoms with van der Waals surface area (Å²) in [5.74, 6) is 2.36. The fourth-order valence-electron chi connectivity index (χ4n) is 7.18. The minimum atomic E-state index is 0.556. The van der Waals surface area contributed by atoms with Crippen molar-refractivity contribution in [2.75, 3.05) is 0 Å². The number of para-hydroxylation sites is 1. The van der Waals surface area contributed by atoms with Crippen molar-refractivity contribution in [2.45, 2.75) is 0 Å². The Morgan fingerprint density at radius 3 is 1.51 bits per heavy atom. The maximum atomic E-state index is 9.69. The number of fused-ring (bicyclic) bond motifs is 3. The van der Waals surface area contributed by atoms with Gasteiger partial charge in [0, 0.05) is 44.2 Å². The lowest BCUT2D eigenvalue weighted by Crippen LogP contribution is -2.00. The number of furan rings is 1. The largest absolute Gasteiger partial charge is 0.455 e. The maximum absolute atomic E-state index is 9.69. The fraction of sp³-hybridized carbons (Fsp3) is 0. The lowest BCUT2D eigenvalue weighted by atomic mass is 9.98. The van der Waals surface area contributed by atoms with Gasteiger partial charge in [0.25, 0.3) is 0 Å². The predicted molar refractivity (Wildman–Crippen MR) is 225 cm³/mol. The summed E-state index contributed by atoms with van der Waals surface area (Å²) in [6, 6.07) is 62.3. The van der Waals surface area contributed by atoms with Crippen LogP contribution < -0.4 is 0 Å². The van der Waals surface area contributed by atoms with Crippen molar-refractivity contribution in [3.8, 4) is 85.3 Å². The molecule has 0 amide bonds. The number of benzene rings is 7. The molecule has 10 rings (SSSR count). The molecule has 0 bridgehead atoms. The van der Waals surface area contributed by atoms with Crippen LogP contribution in [0.3, 0.4) is 0 Å². The zero-order valence-electron chi connectivity index (χ0n) is 30.4. The third-order valence-corrected chi connectivity index (χ3v) is 10.0. The molecule has 57 heavy (non-hydrogen) atoms. The summed E-state index contributed by atoms with van der Waals surface area (Å²) in [5, 5.41) is 11.6. The highest BCUT2D eigenvalue weighted by atomic mass is 16.3. The van der Waals surface area contributed by atoms with Crippen LogP contribution in [0.5, 0.6) is 0 Å². The van der Waals surface area contributed by atoms with E-state index < -0.39 is 0 Å². The molecule has 0 saturated carbocycles. The van der Waals surface area contributed by atoms with Crippen LogP contribution in [0.25, 0.3) is 101 Å². The summed E-state index contributed by atoms with van der Waals surface area (Å²) in [7, 11) is 0. The van der Waals surface area contributed by atoms with Crippen LogP contribution in [-0.4, -0.2) is 24.9 Å². The van der Waals surface area contributed by atoms with Gasteiger partial charge in [-0.1, -0.05) is 152 Å². The van der Waals surface area contributed by atoms with Gasteiger partial charge in [0.2, 0.25) is 0 Å². The van der Waals surface area contributed by atoms with Crippen LogP contribution >= 0.6 is 0 Å². The summed E-state index contributed by atoms with van der Waals surface area (Å²) in [4.78, 5) is 24.9. The number of rotatable bonds is 7. The number of hydrogen-bond acceptors (Lipinski definition) is 7. The van der Waals surface area contributed by atoms with E-state index in [-0.39, 0.29) is 0 Å². The molecule has 0 spiro atoms. The van der Waals surface area contributed by atoms with Crippen LogP contribution in [0.1, 0.15) is 5.56 Å². The molecule has 0 aliphatic rings. The van der Waals surface area contributed by atoms with E-state index in [2.05, 4.69) is 18.2 Å². The Morgan fingerprint density at radius 2 is 0.877 bits per heavy atom. The SMILES string of the molecule is N#Cc1ccccc1-c1ccc(-c2cc(-c3cccc4c3oc3cc(-c5nc(-c6ccccc6)nc(-c6ccccc6)n5)ccc34)nc(-c3ccccc3)n2)cc1. The van der Waals surface area contributed by atoms with E-state index in [1.165, 1.54) is 0 Å². The van der Waals surface area contributed by atoms with Gasteiger partial charge in [-0.15, -0.1) is 0 Å². The van der Waals surface area contributed by atoms with E-state index in [4.69, 9.17) is 29.3 Å². The molecular formula is C50H30N6O. The van der Waals surface area contributed by atoms with E-state index in [1.807, 2.05) is 170 Å². The van der Waals surface area contributed by atoms with Gasteiger partial charge < -0.3 is 4.42 Å². The standard InChI is InChI=1S/C50H30N6O/c51-31-38-19-10-11-20-39(38)32-23-25-33(26-24-32)43-30-44(53-47(52-43)34-13-4-1-5-14-34)42-22-12-21-41-40-28-27-37(29-45(40)57-46(41)42)50-55-48(35-15-6-2-7-16-35)54-49(56-50)36-17-8-3-9-18-36/h1-30H. The lowest BCUT2D eigenvalue weighted by Gasteiger charge is -2.11. The Balaban J connectivity index is 1.09. The molecule has 7 nitrogen and oxygen atoms in total. The topological polar surface area (TPSA) is 101 Å². The van der Waals surface area contributed by atoms with Crippen molar-refractivity contribution in [3.63, 3.8) is 0 Å². The monoisotopic (exact) mass is 730 g/mol. The van der Waals surface area contributed by atoms with Gasteiger partial charge in [0.15, 0.2) is 23.3 Å². The van der Waals surface area contributed by atoms with Crippen molar-refractivity contribution in [1.82, 2.24) is 24.9 Å². The van der Waals surface area contributed by atoms with E-state index in [9.17, 15) is 5.26 Å². The third-order valence-electron chi connectivity index (χ3n) is 10.0. The molecular weight excluding hydrogens is 701 g/mol. The Labute approximate surface area is 328 Å². The van der Waals surface area contributed by atoms with Crippen molar-refractivity contribution in [3.05, 3.63) is 188 Å². The molecule has 266 valence electrons. The van der Waals surface area contributed by atoms with Gasteiger partial charge in [0.1, 0.15) is 11.2 Å². The maximum Gasteiger partial charge on any atom is 0.164 e. The molecule has 7 aromatic carbocycles. The first kappa shape index (κ1) is 33.5. The molecule has 0 atom stereocenters. The average molecular weight is 731 g/mol. The Morgan fingerprint density at radius 1 is 0.368 bits per heavy atom. The molecule has 3 aromatic heterocycles. The highest BCUT2D eigenvalue weighted by molar-refractivity contribution is 6.10. The van der Waals surface area contributed by atoms with Gasteiger partial charge in [0.05, 0.1) is 23.0 Å². The number of aromatic nitrogens is 5. The zero-order valence-corrected chi connectivity index (χ0v) is 30.4. The second-order valence-electron chi connectivity index (χ2n) is 13.6. The number of hydrogen-bond donors (Lipinski definition) is 0. The lowest BCUT2D eigenvalue weighted by molar-refractivity contribution is 0.670.